The maximum absolute atomic E-state index is 13.4. The highest BCUT2D eigenvalue weighted by Gasteiger charge is 2.51. The molecule has 6 aromatic rings. The predicted octanol–water partition coefficient (Wildman–Crippen LogP) is 5.01. The van der Waals surface area contributed by atoms with E-state index < -0.39 is 42.3 Å². The average Bonchev–Trinajstić information content (AvgIpc) is 4.07. The van der Waals surface area contributed by atoms with E-state index in [0.717, 1.165) is 27.0 Å². The van der Waals surface area contributed by atoms with E-state index in [0.29, 0.717) is 48.2 Å². The number of fused-ring (bicyclic) bond motifs is 2. The van der Waals surface area contributed by atoms with Crippen molar-refractivity contribution in [2.75, 3.05) is 29.9 Å². The van der Waals surface area contributed by atoms with Crippen molar-refractivity contribution in [3.8, 4) is 0 Å². The normalized spacial score (nSPS) is 20.6. The van der Waals surface area contributed by atoms with E-state index in [1.54, 1.807) is 11.6 Å². The Labute approximate surface area is 346 Å². The molecular weight excluding hydrogens is 802 g/mol. The first kappa shape index (κ1) is 40.7. The van der Waals surface area contributed by atoms with Crippen LogP contribution >= 0.6 is 11.3 Å². The lowest BCUT2D eigenvalue weighted by molar-refractivity contribution is -0.209. The second-order valence-corrected chi connectivity index (χ2v) is 16.1. The molecule has 0 bridgehead atoms. The van der Waals surface area contributed by atoms with Crippen molar-refractivity contribution in [2.24, 2.45) is 7.05 Å². The fourth-order valence-electron chi connectivity index (χ4n) is 8.10. The zero-order valence-corrected chi connectivity index (χ0v) is 33.7. The van der Waals surface area contributed by atoms with E-state index in [1.165, 1.54) is 22.2 Å². The van der Waals surface area contributed by atoms with Gasteiger partial charge in [-0.2, -0.15) is 28.2 Å². The van der Waals surface area contributed by atoms with E-state index in [4.69, 9.17) is 14.7 Å². The first-order valence-electron chi connectivity index (χ1n) is 19.6. The molecule has 4 aromatic heterocycles. The Bertz CT molecular complexity index is 2450. The van der Waals surface area contributed by atoms with Crippen LogP contribution in [0.3, 0.4) is 0 Å². The number of alkyl halides is 3. The van der Waals surface area contributed by atoms with E-state index >= 15 is 0 Å². The van der Waals surface area contributed by atoms with Crippen LogP contribution in [0.15, 0.2) is 73.1 Å². The third-order valence-corrected chi connectivity index (χ3v) is 12.3. The van der Waals surface area contributed by atoms with Crippen LogP contribution in [-0.4, -0.2) is 102 Å². The van der Waals surface area contributed by atoms with Crippen molar-refractivity contribution < 1.29 is 37.4 Å². The summed E-state index contributed by atoms with van der Waals surface area (Å²) in [4.78, 5) is 55.8. The lowest BCUT2D eigenvalue weighted by atomic mass is 9.91. The smallest absolute Gasteiger partial charge is 0.451 e. The molecule has 2 aliphatic rings. The summed E-state index contributed by atoms with van der Waals surface area (Å²) in [5, 5.41) is 26.2. The number of thiophene rings is 1. The van der Waals surface area contributed by atoms with Crippen molar-refractivity contribution in [1.82, 2.24) is 39.9 Å². The minimum absolute atomic E-state index is 0.0162. The SMILES string of the molecule is CCC(=O)N[C@H]1C[C@@H](n2cnc3c(NCC(c4ccccc4)c4ccccc4)nc(N4CC[C@@H](NC(=O)c5cc6c(C)nn(C)c6s5)C4)nc32)[C@H](O)[C@@H]1OC(=O)C(F)(F)F. The van der Waals surface area contributed by atoms with Gasteiger partial charge in [0.25, 0.3) is 5.91 Å². The predicted molar refractivity (Wildman–Crippen MR) is 218 cm³/mol. The van der Waals surface area contributed by atoms with Crippen molar-refractivity contribution in [3.05, 3.63) is 94.8 Å². The number of hydrogen-bond donors (Lipinski definition) is 4. The molecule has 2 fully saturated rings. The zero-order chi connectivity index (χ0) is 42.3. The van der Waals surface area contributed by atoms with Gasteiger partial charge in [-0.15, -0.1) is 11.3 Å². The number of aliphatic hydroxyl groups excluding tert-OH is 1. The van der Waals surface area contributed by atoms with Gasteiger partial charge < -0.3 is 35.3 Å². The number of hydrogen-bond acceptors (Lipinski definition) is 12. The molecule has 5 heterocycles. The third kappa shape index (κ3) is 8.10. The molecule has 1 saturated carbocycles. The van der Waals surface area contributed by atoms with Gasteiger partial charge in [0.1, 0.15) is 10.9 Å². The van der Waals surface area contributed by atoms with Crippen molar-refractivity contribution in [3.63, 3.8) is 0 Å². The molecule has 60 heavy (non-hydrogen) atoms. The van der Waals surface area contributed by atoms with Crippen molar-refractivity contribution in [2.45, 2.75) is 75.5 Å². The number of esters is 1. The van der Waals surface area contributed by atoms with Gasteiger partial charge in [-0.25, -0.2) is 9.78 Å². The number of aryl methyl sites for hydroxylation is 2. The number of aliphatic hydroxyl groups is 1. The second-order valence-electron chi connectivity index (χ2n) is 15.1. The van der Waals surface area contributed by atoms with Gasteiger partial charge in [0.05, 0.1) is 29.0 Å². The molecule has 2 amide bonds. The van der Waals surface area contributed by atoms with Gasteiger partial charge in [0.2, 0.25) is 11.9 Å². The van der Waals surface area contributed by atoms with Crippen LogP contribution in [0.1, 0.15) is 64.6 Å². The summed E-state index contributed by atoms with van der Waals surface area (Å²) in [5.74, 6) is -2.61. The van der Waals surface area contributed by atoms with E-state index in [9.17, 15) is 32.7 Å². The van der Waals surface area contributed by atoms with Crippen LogP contribution in [-0.2, 0) is 21.4 Å². The summed E-state index contributed by atoms with van der Waals surface area (Å²) in [6.45, 7) is 4.73. The van der Waals surface area contributed by atoms with Crippen molar-refractivity contribution >= 4 is 62.3 Å². The first-order valence-corrected chi connectivity index (χ1v) is 20.4. The molecule has 0 spiro atoms. The van der Waals surface area contributed by atoms with Gasteiger partial charge in [-0.1, -0.05) is 67.6 Å². The first-order chi connectivity index (χ1) is 28.8. The Morgan fingerprint density at radius 2 is 1.73 bits per heavy atom. The maximum atomic E-state index is 13.4. The fraction of sp³-hybridized carbons (Fsp3) is 0.390. The quantitative estimate of drug-likeness (QED) is 0.122. The Morgan fingerprint density at radius 3 is 2.38 bits per heavy atom. The van der Waals surface area contributed by atoms with E-state index in [-0.39, 0.29) is 36.4 Å². The summed E-state index contributed by atoms with van der Waals surface area (Å²) in [5.41, 5.74) is 3.55. The van der Waals surface area contributed by atoms with Gasteiger partial charge >= 0.3 is 12.1 Å². The molecule has 8 rings (SSSR count). The van der Waals surface area contributed by atoms with Gasteiger partial charge in [-0.3, -0.25) is 14.3 Å². The number of amides is 2. The van der Waals surface area contributed by atoms with Crippen LogP contribution in [0.4, 0.5) is 24.9 Å². The monoisotopic (exact) mass is 844 g/mol. The number of carbonyl (C=O) groups is 3. The number of benzene rings is 2. The molecule has 2 aromatic carbocycles. The molecule has 19 heteroatoms. The Kier molecular flexibility index (Phi) is 11.2. The molecule has 15 nitrogen and oxygen atoms in total. The number of nitrogens with zero attached hydrogens (tertiary/aromatic N) is 7. The lowest BCUT2D eigenvalue weighted by Gasteiger charge is -2.24. The van der Waals surface area contributed by atoms with Crippen LogP contribution in [0, 0.1) is 6.92 Å². The number of halogens is 3. The van der Waals surface area contributed by atoms with Crippen LogP contribution < -0.4 is 20.9 Å². The lowest BCUT2D eigenvalue weighted by Crippen LogP contribution is -2.47. The van der Waals surface area contributed by atoms with Crippen LogP contribution in [0.25, 0.3) is 21.4 Å². The Balaban J connectivity index is 1.12. The topological polar surface area (TPSA) is 181 Å². The van der Waals surface area contributed by atoms with Gasteiger partial charge in [0.15, 0.2) is 23.1 Å². The number of nitrogens with one attached hydrogen (secondary N) is 3. The molecule has 5 atom stereocenters. The molecular formula is C41H43F3N10O5S. The number of aromatic nitrogens is 6. The molecule has 1 saturated heterocycles. The summed E-state index contributed by atoms with van der Waals surface area (Å²) in [6, 6.07) is 19.4. The molecule has 1 aliphatic carbocycles. The molecule has 0 unspecified atom stereocenters. The van der Waals surface area contributed by atoms with Crippen LogP contribution in [0.5, 0.6) is 0 Å². The Hall–Kier alpha value is -6.08. The molecule has 1 aliphatic heterocycles. The highest BCUT2D eigenvalue weighted by atomic mass is 32.1. The number of imidazole rings is 1. The maximum Gasteiger partial charge on any atom is 0.490 e. The fourth-order valence-corrected chi connectivity index (χ4v) is 9.13. The minimum Gasteiger partial charge on any atom is -0.451 e. The van der Waals surface area contributed by atoms with E-state index in [1.807, 2.05) is 85.6 Å². The summed E-state index contributed by atoms with van der Waals surface area (Å²) in [6.07, 6.45) is -6.77. The highest BCUT2D eigenvalue weighted by Crippen LogP contribution is 2.38. The zero-order valence-electron chi connectivity index (χ0n) is 32.9. The van der Waals surface area contributed by atoms with Crippen LogP contribution in [0.2, 0.25) is 0 Å². The third-order valence-electron chi connectivity index (χ3n) is 11.1. The summed E-state index contributed by atoms with van der Waals surface area (Å²) < 4.78 is 48.2. The molecule has 4 N–H and O–H groups in total. The largest absolute Gasteiger partial charge is 0.490 e. The number of ether oxygens (including phenoxy) is 1. The standard InChI is InChI=1S/C41H43F3N10O5S/c1-4-31(55)48-28-18-29(33(56)34(28)59-39(58)41(42,43)44)54-21-46-32-35(45-19-27(23-11-7-5-8-12-23)24-13-9-6-10-14-24)49-40(50-36(32)54)53-16-15-25(20-53)47-37(57)30-17-26-22(2)51-52(3)38(26)60-30/h5-14,17,21,25,27-29,33-34,56H,4,15-16,18-20H2,1-3H3,(H,47,57)(H,48,55)(H,45,49,50)/t25-,28+,29-,33+,34-/m1/s1. The minimum atomic E-state index is -5.32. The number of carbonyl (C=O) groups excluding carboxylic acids is 3. The average molecular weight is 845 g/mol. The van der Waals surface area contributed by atoms with Gasteiger partial charge in [-0.05, 0) is 37.0 Å². The van der Waals surface area contributed by atoms with E-state index in [2.05, 4.69) is 26.0 Å². The number of anilines is 2. The highest BCUT2D eigenvalue weighted by molar-refractivity contribution is 7.20. The second kappa shape index (κ2) is 16.5. The Morgan fingerprint density at radius 1 is 1.03 bits per heavy atom. The van der Waals surface area contributed by atoms with Gasteiger partial charge in [0, 0.05) is 50.4 Å². The van der Waals surface area contributed by atoms with Crippen molar-refractivity contribution in [1.29, 1.82) is 0 Å². The summed E-state index contributed by atoms with van der Waals surface area (Å²) >= 11 is 1.37. The number of rotatable bonds is 12. The molecule has 314 valence electrons. The molecule has 0 radical (unpaired) electrons. The summed E-state index contributed by atoms with van der Waals surface area (Å²) in [7, 11) is 1.84.